The van der Waals surface area contributed by atoms with E-state index in [9.17, 15) is 10.2 Å². The third kappa shape index (κ3) is 2.18. The van der Waals surface area contributed by atoms with Crippen molar-refractivity contribution < 1.29 is 14.9 Å². The summed E-state index contributed by atoms with van der Waals surface area (Å²) in [5.41, 5.74) is 1.34. The van der Waals surface area contributed by atoms with E-state index in [2.05, 4.69) is 15.0 Å². The lowest BCUT2D eigenvalue weighted by Gasteiger charge is -2.20. The van der Waals surface area contributed by atoms with E-state index >= 15 is 0 Å². The molecule has 2 N–H and O–H groups in total. The summed E-state index contributed by atoms with van der Waals surface area (Å²) in [6.45, 7) is 1.81. The van der Waals surface area contributed by atoms with Gasteiger partial charge in [-0.2, -0.15) is 11.8 Å². The number of aromatic nitrogens is 4. The van der Waals surface area contributed by atoms with E-state index in [-0.39, 0.29) is 11.9 Å². The number of aliphatic hydroxyl groups excluding tert-OH is 2. The van der Waals surface area contributed by atoms with Gasteiger partial charge in [0, 0.05) is 0 Å². The van der Waals surface area contributed by atoms with Crippen LogP contribution < -0.4 is 0 Å². The number of aliphatic hydroxyl groups is 2. The first-order chi connectivity index (χ1) is 9.76. The number of rotatable bonds is 4. The predicted molar refractivity (Wildman–Crippen MR) is 74.2 cm³/mol. The second kappa shape index (κ2) is 5.65. The molecule has 1 aliphatic rings. The Hall–Kier alpha value is -1.22. The molecule has 0 aromatic carbocycles. The lowest BCUT2D eigenvalue weighted by molar-refractivity contribution is -0.0430. The fourth-order valence-corrected chi connectivity index (χ4v) is 3.55. The van der Waals surface area contributed by atoms with Crippen LogP contribution in [0.25, 0.3) is 11.2 Å². The highest BCUT2D eigenvalue weighted by atomic mass is 32.2. The monoisotopic (exact) mass is 296 g/mol. The maximum absolute atomic E-state index is 10.2. The van der Waals surface area contributed by atoms with Crippen LogP contribution in [0.5, 0.6) is 0 Å². The van der Waals surface area contributed by atoms with Gasteiger partial charge in [0.25, 0.3) is 0 Å². The average Bonchev–Trinajstić information content (AvgIpc) is 3.02. The standard InChI is InChI=1S/C12H16N4O3S/c1-2-20-10-9(18)8(4-17)19-12(10)16-6-15-7-3-13-5-14-11(7)16/h3,5-6,8-10,12,17-18H,2,4H2,1H3/t8-,9-,10-,12-/m0/s1. The highest BCUT2D eigenvalue weighted by molar-refractivity contribution is 7.99. The van der Waals surface area contributed by atoms with Crippen molar-refractivity contribution in [3.05, 3.63) is 18.9 Å². The number of hydrogen-bond donors (Lipinski definition) is 2. The van der Waals surface area contributed by atoms with Crippen LogP contribution in [0, 0.1) is 0 Å². The Bertz CT molecular complexity index is 593. The van der Waals surface area contributed by atoms with Crippen molar-refractivity contribution in [3.8, 4) is 0 Å². The minimum Gasteiger partial charge on any atom is -0.394 e. The molecular weight excluding hydrogens is 280 g/mol. The molecule has 3 rings (SSSR count). The Morgan fingerprint density at radius 1 is 1.45 bits per heavy atom. The molecule has 0 spiro atoms. The molecule has 20 heavy (non-hydrogen) atoms. The predicted octanol–water partition coefficient (Wildman–Crippen LogP) is 0.199. The van der Waals surface area contributed by atoms with E-state index < -0.39 is 18.4 Å². The molecule has 1 fully saturated rings. The minimum absolute atomic E-state index is 0.162. The topological polar surface area (TPSA) is 93.3 Å². The van der Waals surface area contributed by atoms with Crippen molar-refractivity contribution in [2.75, 3.05) is 12.4 Å². The molecule has 0 unspecified atom stereocenters. The third-order valence-corrected chi connectivity index (χ3v) is 4.59. The number of thioether (sulfide) groups is 1. The molecule has 1 saturated heterocycles. The fourth-order valence-electron chi connectivity index (χ4n) is 2.44. The quantitative estimate of drug-likeness (QED) is 0.832. The summed E-state index contributed by atoms with van der Waals surface area (Å²) < 4.78 is 7.58. The van der Waals surface area contributed by atoms with Crippen LogP contribution in [-0.4, -0.2) is 59.5 Å². The van der Waals surface area contributed by atoms with E-state index in [0.29, 0.717) is 11.2 Å². The van der Waals surface area contributed by atoms with Crippen LogP contribution >= 0.6 is 11.8 Å². The summed E-state index contributed by atoms with van der Waals surface area (Å²) in [7, 11) is 0. The van der Waals surface area contributed by atoms with Gasteiger partial charge in [-0.25, -0.2) is 15.0 Å². The number of ether oxygens (including phenoxy) is 1. The number of nitrogens with zero attached hydrogens (tertiary/aromatic N) is 4. The van der Waals surface area contributed by atoms with Gasteiger partial charge < -0.3 is 14.9 Å². The first kappa shape index (κ1) is 13.7. The van der Waals surface area contributed by atoms with E-state index in [0.717, 1.165) is 5.75 Å². The molecule has 7 nitrogen and oxygen atoms in total. The molecule has 2 aromatic heterocycles. The van der Waals surface area contributed by atoms with Crippen LogP contribution in [-0.2, 0) is 4.74 Å². The molecule has 108 valence electrons. The highest BCUT2D eigenvalue weighted by Gasteiger charge is 2.44. The number of hydrogen-bond acceptors (Lipinski definition) is 7. The zero-order valence-corrected chi connectivity index (χ0v) is 11.8. The SMILES string of the molecule is CCS[C@H]1[C@@H](O)[C@H](CO)O[C@@H]1n1cnc2cncnc21. The van der Waals surface area contributed by atoms with E-state index in [1.807, 2.05) is 6.92 Å². The van der Waals surface area contributed by atoms with Gasteiger partial charge in [-0.1, -0.05) is 6.92 Å². The molecule has 8 heteroatoms. The van der Waals surface area contributed by atoms with Crippen molar-refractivity contribution in [1.29, 1.82) is 0 Å². The lowest BCUT2D eigenvalue weighted by atomic mass is 10.2. The van der Waals surface area contributed by atoms with Gasteiger partial charge in [0.15, 0.2) is 11.9 Å². The third-order valence-electron chi connectivity index (χ3n) is 3.36. The van der Waals surface area contributed by atoms with E-state index in [1.54, 1.807) is 28.9 Å². The zero-order chi connectivity index (χ0) is 14.1. The highest BCUT2D eigenvalue weighted by Crippen LogP contribution is 2.38. The van der Waals surface area contributed by atoms with Gasteiger partial charge in [0.05, 0.1) is 30.5 Å². The summed E-state index contributed by atoms with van der Waals surface area (Å²) in [5.74, 6) is 0.849. The van der Waals surface area contributed by atoms with Gasteiger partial charge in [-0.15, -0.1) is 0 Å². The lowest BCUT2D eigenvalue weighted by Crippen LogP contribution is -2.31. The molecule has 0 bridgehead atoms. The van der Waals surface area contributed by atoms with E-state index in [4.69, 9.17) is 4.74 Å². The average molecular weight is 296 g/mol. The molecule has 2 aromatic rings. The van der Waals surface area contributed by atoms with Crippen LogP contribution in [0.4, 0.5) is 0 Å². The Morgan fingerprint density at radius 2 is 2.30 bits per heavy atom. The molecule has 0 radical (unpaired) electrons. The molecule has 4 atom stereocenters. The van der Waals surface area contributed by atoms with Gasteiger partial charge >= 0.3 is 0 Å². The first-order valence-electron chi connectivity index (χ1n) is 6.44. The Balaban J connectivity index is 1.98. The molecule has 1 aliphatic heterocycles. The van der Waals surface area contributed by atoms with Crippen LogP contribution in [0.3, 0.4) is 0 Å². The second-order valence-corrected chi connectivity index (χ2v) is 6.00. The molecule has 0 amide bonds. The van der Waals surface area contributed by atoms with Crippen molar-refractivity contribution in [2.24, 2.45) is 0 Å². The van der Waals surface area contributed by atoms with Crippen molar-refractivity contribution in [1.82, 2.24) is 19.5 Å². The van der Waals surface area contributed by atoms with Crippen molar-refractivity contribution in [2.45, 2.75) is 30.6 Å². The first-order valence-corrected chi connectivity index (χ1v) is 7.49. The Kier molecular flexibility index (Phi) is 3.88. The van der Waals surface area contributed by atoms with Crippen molar-refractivity contribution >= 4 is 22.9 Å². The van der Waals surface area contributed by atoms with Gasteiger partial charge in [-0.05, 0) is 5.75 Å². The maximum Gasteiger partial charge on any atom is 0.165 e. The minimum atomic E-state index is -0.714. The summed E-state index contributed by atoms with van der Waals surface area (Å²) in [6, 6.07) is 0. The van der Waals surface area contributed by atoms with Crippen LogP contribution in [0.15, 0.2) is 18.9 Å². The number of fused-ring (bicyclic) bond motifs is 1. The molecule has 3 heterocycles. The summed E-state index contributed by atoms with van der Waals surface area (Å²) >= 11 is 1.60. The smallest absolute Gasteiger partial charge is 0.165 e. The van der Waals surface area contributed by atoms with E-state index in [1.165, 1.54) is 6.33 Å². The van der Waals surface area contributed by atoms with Crippen molar-refractivity contribution in [3.63, 3.8) is 0 Å². The largest absolute Gasteiger partial charge is 0.394 e. The van der Waals surface area contributed by atoms with Gasteiger partial charge in [0.1, 0.15) is 17.9 Å². The zero-order valence-electron chi connectivity index (χ0n) is 11.0. The van der Waals surface area contributed by atoms with Gasteiger partial charge in [-0.3, -0.25) is 4.57 Å². The van der Waals surface area contributed by atoms with Crippen LogP contribution in [0.2, 0.25) is 0 Å². The second-order valence-electron chi connectivity index (χ2n) is 4.54. The summed E-state index contributed by atoms with van der Waals surface area (Å²) in [5, 5.41) is 19.4. The summed E-state index contributed by atoms with van der Waals surface area (Å²) in [4.78, 5) is 12.4. The number of imidazole rings is 1. The van der Waals surface area contributed by atoms with Crippen LogP contribution in [0.1, 0.15) is 13.2 Å². The fraction of sp³-hybridized carbons (Fsp3) is 0.583. The Labute approximate surface area is 120 Å². The van der Waals surface area contributed by atoms with Gasteiger partial charge in [0.2, 0.25) is 0 Å². The Morgan fingerprint density at radius 3 is 3.05 bits per heavy atom. The molecular formula is C12H16N4O3S. The maximum atomic E-state index is 10.2. The summed E-state index contributed by atoms with van der Waals surface area (Å²) in [6.07, 6.45) is 3.04. The molecule has 0 aliphatic carbocycles. The molecule has 0 saturated carbocycles. The normalized spacial score (nSPS) is 30.1.